The second kappa shape index (κ2) is 9.31. The Morgan fingerprint density at radius 3 is 2.45 bits per heavy atom. The summed E-state index contributed by atoms with van der Waals surface area (Å²) in [5, 5.41) is 10.5. The first-order valence-electron chi connectivity index (χ1n) is 12.5. The average molecular weight is 509 g/mol. The fourth-order valence-corrected chi connectivity index (χ4v) is 5.24. The van der Waals surface area contributed by atoms with Crippen LogP contribution in [0.3, 0.4) is 0 Å². The summed E-state index contributed by atoms with van der Waals surface area (Å²) in [6, 6.07) is 16.4. The lowest BCUT2D eigenvalue weighted by Crippen LogP contribution is -2.48. The maximum absolute atomic E-state index is 13.9. The van der Waals surface area contributed by atoms with Crippen molar-refractivity contribution >= 4 is 28.9 Å². The largest absolute Gasteiger partial charge is 0.369 e. The molecule has 1 aliphatic carbocycles. The van der Waals surface area contributed by atoms with Gasteiger partial charge in [-0.25, -0.2) is 9.80 Å². The standard InChI is InChI=1S/C28H28N8O2/c1-33-13-15-35(16-14-33)19-10-8-18(9-11-19)25-24-26(32-31-25)21-6-3-7-22(23(21)27(24)37)36(28(29)38)34(2)20-5-4-12-30-17-20/h3-12,17H,13-16H2,1-2H3,(H2,29,38)(H,31,32). The minimum Gasteiger partial charge on any atom is -0.369 e. The molecule has 10 heteroatoms. The molecule has 6 rings (SSSR count). The predicted octanol–water partition coefficient (Wildman–Crippen LogP) is 3.37. The second-order valence-electron chi connectivity index (χ2n) is 9.57. The number of nitrogens with zero attached hydrogens (tertiary/aromatic N) is 6. The first-order valence-corrected chi connectivity index (χ1v) is 12.5. The van der Waals surface area contributed by atoms with Gasteiger partial charge in [-0.05, 0) is 37.4 Å². The molecule has 0 atom stereocenters. The highest BCUT2D eigenvalue weighted by Gasteiger charge is 2.37. The van der Waals surface area contributed by atoms with Crippen LogP contribution < -0.4 is 20.7 Å². The molecule has 0 spiro atoms. The number of amides is 2. The van der Waals surface area contributed by atoms with Crippen LogP contribution in [0.5, 0.6) is 0 Å². The first kappa shape index (κ1) is 23.7. The summed E-state index contributed by atoms with van der Waals surface area (Å²) in [5.74, 6) is -0.205. The zero-order valence-electron chi connectivity index (χ0n) is 21.3. The number of pyridine rings is 1. The van der Waals surface area contributed by atoms with Crippen molar-refractivity contribution < 1.29 is 9.59 Å². The van der Waals surface area contributed by atoms with Gasteiger partial charge < -0.3 is 15.5 Å². The van der Waals surface area contributed by atoms with E-state index >= 15 is 0 Å². The number of carbonyl (C=O) groups excluding carboxylic acids is 2. The fourth-order valence-electron chi connectivity index (χ4n) is 5.24. The van der Waals surface area contributed by atoms with Gasteiger partial charge in [0, 0.05) is 56.2 Å². The molecule has 1 saturated heterocycles. The molecule has 0 radical (unpaired) electrons. The van der Waals surface area contributed by atoms with E-state index in [-0.39, 0.29) is 5.78 Å². The number of piperazine rings is 1. The van der Waals surface area contributed by atoms with Crippen LogP contribution in [0.4, 0.5) is 21.9 Å². The van der Waals surface area contributed by atoms with Gasteiger partial charge in [0.1, 0.15) is 5.69 Å². The molecule has 2 amide bonds. The summed E-state index contributed by atoms with van der Waals surface area (Å²) >= 11 is 0. The van der Waals surface area contributed by atoms with Crippen molar-refractivity contribution in [3.05, 3.63) is 78.1 Å². The molecule has 0 bridgehead atoms. The summed E-state index contributed by atoms with van der Waals surface area (Å²) in [4.78, 5) is 35.4. The van der Waals surface area contributed by atoms with Crippen molar-refractivity contribution in [3.63, 3.8) is 0 Å². The third kappa shape index (κ3) is 3.86. The summed E-state index contributed by atoms with van der Waals surface area (Å²) in [6.45, 7) is 4.02. The highest BCUT2D eigenvalue weighted by Crippen LogP contribution is 2.44. The molecule has 10 nitrogen and oxygen atoms in total. The highest BCUT2D eigenvalue weighted by atomic mass is 16.2. The van der Waals surface area contributed by atoms with E-state index in [9.17, 15) is 9.59 Å². The van der Waals surface area contributed by atoms with E-state index in [1.807, 2.05) is 24.3 Å². The SMILES string of the molecule is CN1CCN(c2ccc(-c3n[nH]c4c3C(=O)c3c-4cccc3N(C(N)=O)N(C)c3cccnc3)cc2)CC1. The number of aromatic amines is 1. The van der Waals surface area contributed by atoms with E-state index in [1.165, 1.54) is 5.01 Å². The monoisotopic (exact) mass is 508 g/mol. The number of carbonyl (C=O) groups is 2. The Kier molecular flexibility index (Phi) is 5.80. The van der Waals surface area contributed by atoms with Crippen LogP contribution in [-0.2, 0) is 0 Å². The summed E-state index contributed by atoms with van der Waals surface area (Å²) in [7, 11) is 3.84. The Morgan fingerprint density at radius 2 is 1.76 bits per heavy atom. The number of nitrogens with two attached hydrogens (primary N) is 1. The smallest absolute Gasteiger partial charge is 0.338 e. The lowest BCUT2D eigenvalue weighted by atomic mass is 10.0. The summed E-state index contributed by atoms with van der Waals surface area (Å²) in [5.41, 5.74) is 11.7. The van der Waals surface area contributed by atoms with Crippen LogP contribution in [0.15, 0.2) is 67.0 Å². The van der Waals surface area contributed by atoms with Gasteiger partial charge in [-0.2, -0.15) is 5.10 Å². The Hall–Kier alpha value is -4.70. The van der Waals surface area contributed by atoms with E-state index in [2.05, 4.69) is 44.2 Å². The van der Waals surface area contributed by atoms with Crippen molar-refractivity contribution in [1.82, 2.24) is 20.1 Å². The molecule has 38 heavy (non-hydrogen) atoms. The number of hydrazine groups is 1. The molecule has 2 aromatic carbocycles. The molecule has 4 aromatic rings. The number of hydrogen-bond acceptors (Lipinski definition) is 7. The number of benzene rings is 2. The number of urea groups is 1. The van der Waals surface area contributed by atoms with Gasteiger partial charge in [0.15, 0.2) is 5.78 Å². The minimum atomic E-state index is -0.717. The number of likely N-dealkylation sites (N-methyl/N-ethyl adjacent to an activating group) is 1. The average Bonchev–Trinajstić information content (AvgIpc) is 3.50. The normalized spacial score (nSPS) is 14.8. The van der Waals surface area contributed by atoms with Crippen LogP contribution in [0.1, 0.15) is 15.9 Å². The Morgan fingerprint density at radius 1 is 1.00 bits per heavy atom. The number of H-pyrrole nitrogens is 1. The number of ketones is 1. The van der Waals surface area contributed by atoms with E-state index in [4.69, 9.17) is 5.73 Å². The van der Waals surface area contributed by atoms with Gasteiger partial charge >= 0.3 is 6.03 Å². The van der Waals surface area contributed by atoms with Crippen LogP contribution in [0.2, 0.25) is 0 Å². The van der Waals surface area contributed by atoms with Crippen LogP contribution in [0, 0.1) is 0 Å². The van der Waals surface area contributed by atoms with Crippen LogP contribution >= 0.6 is 0 Å². The second-order valence-corrected chi connectivity index (χ2v) is 9.57. The molecule has 192 valence electrons. The number of aromatic nitrogens is 3. The molecule has 3 N–H and O–H groups in total. The Balaban J connectivity index is 1.35. The summed E-state index contributed by atoms with van der Waals surface area (Å²) in [6.07, 6.45) is 3.27. The van der Waals surface area contributed by atoms with Gasteiger partial charge in [0.2, 0.25) is 0 Å². The number of primary amides is 1. The van der Waals surface area contributed by atoms with Crippen LogP contribution in [0.25, 0.3) is 22.5 Å². The molecule has 0 unspecified atom stereocenters. The lowest BCUT2D eigenvalue weighted by Gasteiger charge is -2.34. The van der Waals surface area contributed by atoms with E-state index in [1.54, 1.807) is 42.6 Å². The van der Waals surface area contributed by atoms with Crippen molar-refractivity contribution in [1.29, 1.82) is 0 Å². The third-order valence-corrected chi connectivity index (χ3v) is 7.30. The molecule has 2 aliphatic rings. The number of nitrogens with one attached hydrogen (secondary N) is 1. The minimum absolute atomic E-state index is 0.205. The van der Waals surface area contributed by atoms with Gasteiger partial charge in [-0.3, -0.25) is 19.9 Å². The van der Waals surface area contributed by atoms with Crippen molar-refractivity contribution in [2.75, 3.05) is 55.2 Å². The molecular weight excluding hydrogens is 480 g/mol. The fraction of sp³-hybridized carbons (Fsp3) is 0.214. The number of hydrogen-bond donors (Lipinski definition) is 2. The zero-order chi connectivity index (χ0) is 26.4. The highest BCUT2D eigenvalue weighted by molar-refractivity contribution is 6.27. The maximum Gasteiger partial charge on any atom is 0.338 e. The number of fused-ring (bicyclic) bond motifs is 3. The van der Waals surface area contributed by atoms with E-state index < -0.39 is 6.03 Å². The topological polar surface area (TPSA) is 115 Å². The molecule has 1 aliphatic heterocycles. The predicted molar refractivity (Wildman–Crippen MR) is 147 cm³/mol. The zero-order valence-corrected chi connectivity index (χ0v) is 21.3. The number of anilines is 3. The first-order chi connectivity index (χ1) is 18.4. The summed E-state index contributed by atoms with van der Waals surface area (Å²) < 4.78 is 0. The number of rotatable bonds is 5. The maximum atomic E-state index is 13.9. The molecule has 2 aromatic heterocycles. The molecule has 0 saturated carbocycles. The quantitative estimate of drug-likeness (QED) is 0.350. The van der Waals surface area contributed by atoms with E-state index in [0.717, 1.165) is 37.4 Å². The Labute approximate surface area is 220 Å². The van der Waals surface area contributed by atoms with Crippen molar-refractivity contribution in [2.45, 2.75) is 0 Å². The van der Waals surface area contributed by atoms with Crippen molar-refractivity contribution in [3.8, 4) is 22.5 Å². The van der Waals surface area contributed by atoms with Gasteiger partial charge in [-0.1, -0.05) is 24.3 Å². The van der Waals surface area contributed by atoms with Crippen LogP contribution in [-0.4, -0.2) is 72.2 Å². The van der Waals surface area contributed by atoms with Gasteiger partial charge in [0.25, 0.3) is 0 Å². The third-order valence-electron chi connectivity index (χ3n) is 7.30. The Bertz CT molecular complexity index is 1510. The van der Waals surface area contributed by atoms with Gasteiger partial charge in [0.05, 0.1) is 34.4 Å². The van der Waals surface area contributed by atoms with Gasteiger partial charge in [-0.15, -0.1) is 0 Å². The molecule has 3 heterocycles. The van der Waals surface area contributed by atoms with E-state index in [0.29, 0.717) is 39.5 Å². The van der Waals surface area contributed by atoms with Crippen molar-refractivity contribution in [2.24, 2.45) is 5.73 Å². The lowest BCUT2D eigenvalue weighted by molar-refractivity contribution is 0.104. The molecular formula is C28H28N8O2. The molecule has 1 fully saturated rings.